The number of piperidine rings is 1. The molecule has 0 aliphatic carbocycles. The lowest BCUT2D eigenvalue weighted by Crippen LogP contribution is -2.48. The molecule has 0 aromatic heterocycles. The van der Waals surface area contributed by atoms with Crippen LogP contribution < -0.4 is 5.32 Å². The molecule has 0 aromatic carbocycles. The number of rotatable bonds is 3. The lowest BCUT2D eigenvalue weighted by molar-refractivity contribution is -0.131. The Hall–Kier alpha value is -0.330. The van der Waals surface area contributed by atoms with Crippen LogP contribution in [0.2, 0.25) is 0 Å². The molecular formula is C13H25ClN2O3S. The van der Waals surface area contributed by atoms with Gasteiger partial charge in [-0.15, -0.1) is 12.4 Å². The molecule has 2 fully saturated rings. The monoisotopic (exact) mass is 324 g/mol. The highest BCUT2D eigenvalue weighted by Gasteiger charge is 2.31. The molecule has 2 aliphatic heterocycles. The van der Waals surface area contributed by atoms with Gasteiger partial charge in [-0.3, -0.25) is 4.79 Å². The van der Waals surface area contributed by atoms with Crippen LogP contribution in [0.1, 0.15) is 32.6 Å². The number of carbonyl (C=O) groups excluding carboxylic acids is 1. The number of nitrogens with zero attached hydrogens (tertiary/aromatic N) is 1. The average molecular weight is 325 g/mol. The fraction of sp³-hybridized carbons (Fsp3) is 0.923. The lowest BCUT2D eigenvalue weighted by Gasteiger charge is -2.31. The summed E-state index contributed by atoms with van der Waals surface area (Å²) in [7, 11) is -2.97. The Morgan fingerprint density at radius 2 is 1.95 bits per heavy atom. The smallest absolute Gasteiger partial charge is 0.222 e. The number of hydrogen-bond acceptors (Lipinski definition) is 4. The fourth-order valence-electron chi connectivity index (χ4n) is 2.84. The minimum Gasteiger partial charge on any atom is -0.340 e. The summed E-state index contributed by atoms with van der Waals surface area (Å²) in [5.74, 6) is 0.893. The van der Waals surface area contributed by atoms with Crippen molar-refractivity contribution >= 4 is 28.2 Å². The summed E-state index contributed by atoms with van der Waals surface area (Å²) in [5, 5.41) is 2.91. The van der Waals surface area contributed by atoms with E-state index in [2.05, 4.69) is 5.32 Å². The van der Waals surface area contributed by atoms with Crippen molar-refractivity contribution < 1.29 is 13.2 Å². The van der Waals surface area contributed by atoms with E-state index >= 15 is 0 Å². The molecule has 0 radical (unpaired) electrons. The van der Waals surface area contributed by atoms with Gasteiger partial charge in [0, 0.05) is 19.5 Å². The Bertz CT molecular complexity index is 421. The number of sulfone groups is 1. The highest BCUT2D eigenvalue weighted by molar-refractivity contribution is 7.92. The minimum atomic E-state index is -2.97. The van der Waals surface area contributed by atoms with Gasteiger partial charge in [0.05, 0.1) is 11.0 Å². The first kappa shape index (κ1) is 17.7. The van der Waals surface area contributed by atoms with E-state index in [-0.39, 0.29) is 24.1 Å². The summed E-state index contributed by atoms with van der Waals surface area (Å²) >= 11 is 0. The van der Waals surface area contributed by atoms with Crippen molar-refractivity contribution in [2.24, 2.45) is 5.92 Å². The van der Waals surface area contributed by atoms with Crippen LogP contribution in [-0.2, 0) is 14.6 Å². The molecule has 118 valence electrons. The van der Waals surface area contributed by atoms with Crippen LogP contribution in [0.25, 0.3) is 0 Å². The van der Waals surface area contributed by atoms with Crippen LogP contribution in [0.15, 0.2) is 0 Å². The van der Waals surface area contributed by atoms with E-state index in [0.29, 0.717) is 25.4 Å². The van der Waals surface area contributed by atoms with Crippen LogP contribution in [-0.4, -0.2) is 56.4 Å². The first-order chi connectivity index (χ1) is 8.99. The molecule has 20 heavy (non-hydrogen) atoms. The maximum atomic E-state index is 12.1. The predicted molar refractivity (Wildman–Crippen MR) is 81.9 cm³/mol. The van der Waals surface area contributed by atoms with Crippen molar-refractivity contribution in [1.82, 2.24) is 10.2 Å². The van der Waals surface area contributed by atoms with Gasteiger partial charge in [-0.2, -0.15) is 0 Å². The molecule has 2 saturated heterocycles. The van der Waals surface area contributed by atoms with E-state index in [4.69, 9.17) is 0 Å². The largest absolute Gasteiger partial charge is 0.340 e. The zero-order valence-corrected chi connectivity index (χ0v) is 13.6. The molecule has 2 aliphatic rings. The minimum absolute atomic E-state index is 0. The van der Waals surface area contributed by atoms with Crippen LogP contribution in [0.4, 0.5) is 0 Å². The molecule has 0 spiro atoms. The van der Waals surface area contributed by atoms with Crippen molar-refractivity contribution in [2.45, 2.75) is 37.9 Å². The predicted octanol–water partition coefficient (Wildman–Crippen LogP) is 0.833. The molecule has 1 amide bonds. The topological polar surface area (TPSA) is 66.5 Å². The van der Waals surface area contributed by atoms with Crippen molar-refractivity contribution in [3.63, 3.8) is 0 Å². The zero-order valence-electron chi connectivity index (χ0n) is 12.0. The molecule has 7 heteroatoms. The Labute approximate surface area is 127 Å². The molecule has 1 atom stereocenters. The quantitative estimate of drug-likeness (QED) is 0.835. The standard InChI is InChI=1S/C13H24N2O3S.ClH/c1-11-10-15(8-9-19(11,17)18)13(16)3-2-12-4-6-14-7-5-12;/h11-12,14H,2-10H2,1H3;1H. The van der Waals surface area contributed by atoms with E-state index in [1.807, 2.05) is 0 Å². The van der Waals surface area contributed by atoms with Gasteiger partial charge < -0.3 is 10.2 Å². The molecule has 5 nitrogen and oxygen atoms in total. The van der Waals surface area contributed by atoms with Crippen molar-refractivity contribution in [3.05, 3.63) is 0 Å². The number of carbonyl (C=O) groups is 1. The van der Waals surface area contributed by atoms with Crippen molar-refractivity contribution in [2.75, 3.05) is 31.9 Å². The fourth-order valence-corrected chi connectivity index (χ4v) is 4.12. The molecule has 2 heterocycles. The summed E-state index contributed by atoms with van der Waals surface area (Å²) in [5.41, 5.74) is 0. The lowest BCUT2D eigenvalue weighted by atomic mass is 9.93. The Kier molecular flexibility index (Phi) is 6.75. The molecule has 0 bridgehead atoms. The van der Waals surface area contributed by atoms with E-state index < -0.39 is 15.1 Å². The van der Waals surface area contributed by atoms with Crippen molar-refractivity contribution in [3.8, 4) is 0 Å². The van der Waals surface area contributed by atoms with Gasteiger partial charge in [-0.05, 0) is 45.2 Å². The molecule has 1 N–H and O–H groups in total. The second kappa shape index (κ2) is 7.61. The second-order valence-corrected chi connectivity index (χ2v) is 8.29. The normalized spacial score (nSPS) is 26.9. The van der Waals surface area contributed by atoms with Gasteiger partial charge in [0.1, 0.15) is 0 Å². The summed E-state index contributed by atoms with van der Waals surface area (Å²) < 4.78 is 23.2. The van der Waals surface area contributed by atoms with Gasteiger partial charge in [-0.1, -0.05) is 0 Å². The maximum absolute atomic E-state index is 12.1. The van der Waals surface area contributed by atoms with Gasteiger partial charge in [0.25, 0.3) is 0 Å². The van der Waals surface area contributed by atoms with Gasteiger partial charge in [-0.25, -0.2) is 8.42 Å². The number of nitrogens with one attached hydrogen (secondary N) is 1. The molecule has 1 unspecified atom stereocenters. The maximum Gasteiger partial charge on any atom is 0.222 e. The Morgan fingerprint density at radius 3 is 2.55 bits per heavy atom. The van der Waals surface area contributed by atoms with Gasteiger partial charge >= 0.3 is 0 Å². The molecule has 0 aromatic rings. The second-order valence-electron chi connectivity index (χ2n) is 5.75. The first-order valence-electron chi connectivity index (χ1n) is 7.19. The third kappa shape index (κ3) is 4.60. The summed E-state index contributed by atoms with van der Waals surface area (Å²) in [4.78, 5) is 13.8. The number of amides is 1. The van der Waals surface area contributed by atoms with E-state index in [1.165, 1.54) is 0 Å². The number of halogens is 1. The average Bonchev–Trinajstić information content (AvgIpc) is 2.40. The summed E-state index contributed by atoms with van der Waals surface area (Å²) in [6.07, 6.45) is 3.81. The van der Waals surface area contributed by atoms with E-state index in [1.54, 1.807) is 11.8 Å². The van der Waals surface area contributed by atoms with Crippen LogP contribution in [0.3, 0.4) is 0 Å². The zero-order chi connectivity index (χ0) is 13.9. The van der Waals surface area contributed by atoms with Crippen LogP contribution >= 0.6 is 12.4 Å². The SMILES string of the molecule is CC1CN(C(=O)CCC2CCNCC2)CCS1(=O)=O.Cl. The highest BCUT2D eigenvalue weighted by atomic mass is 35.5. The van der Waals surface area contributed by atoms with Gasteiger partial charge in [0.2, 0.25) is 5.91 Å². The summed E-state index contributed by atoms with van der Waals surface area (Å²) in [6.45, 7) is 4.54. The van der Waals surface area contributed by atoms with Gasteiger partial charge in [0.15, 0.2) is 9.84 Å². The third-order valence-electron chi connectivity index (χ3n) is 4.31. The van der Waals surface area contributed by atoms with E-state index in [0.717, 1.165) is 32.4 Å². The Morgan fingerprint density at radius 1 is 1.30 bits per heavy atom. The third-order valence-corrected chi connectivity index (χ3v) is 6.44. The van der Waals surface area contributed by atoms with Crippen LogP contribution in [0, 0.1) is 5.92 Å². The number of hydrogen-bond donors (Lipinski definition) is 1. The summed E-state index contributed by atoms with van der Waals surface area (Å²) in [6, 6.07) is 0. The van der Waals surface area contributed by atoms with Crippen molar-refractivity contribution in [1.29, 1.82) is 0 Å². The highest BCUT2D eigenvalue weighted by Crippen LogP contribution is 2.19. The molecule has 0 saturated carbocycles. The Balaban J connectivity index is 0.00000200. The molecular weight excluding hydrogens is 300 g/mol. The van der Waals surface area contributed by atoms with Crippen LogP contribution in [0.5, 0.6) is 0 Å². The van der Waals surface area contributed by atoms with E-state index in [9.17, 15) is 13.2 Å². The molecule has 2 rings (SSSR count). The first-order valence-corrected chi connectivity index (χ1v) is 8.90.